The van der Waals surface area contributed by atoms with Gasteiger partial charge in [0.05, 0.1) is 14.2 Å². The van der Waals surface area contributed by atoms with E-state index in [1.165, 1.54) is 12.1 Å². The minimum absolute atomic E-state index is 0. The third-order valence-electron chi connectivity index (χ3n) is 5.28. The molecule has 0 aliphatic carbocycles. The van der Waals surface area contributed by atoms with Crippen LogP contribution in [0.1, 0.15) is 12.0 Å². The van der Waals surface area contributed by atoms with Crippen molar-refractivity contribution in [2.24, 2.45) is 10.9 Å². The van der Waals surface area contributed by atoms with Crippen LogP contribution in [-0.4, -0.2) is 46.9 Å². The molecule has 2 N–H and O–H groups in total. The molecular formula is C22H29F2IN4O2. The van der Waals surface area contributed by atoms with Crippen LogP contribution in [0.25, 0.3) is 0 Å². The zero-order chi connectivity index (χ0) is 21.5. The summed E-state index contributed by atoms with van der Waals surface area (Å²) in [5.41, 5.74) is 1.71. The van der Waals surface area contributed by atoms with Crippen LogP contribution in [0.5, 0.6) is 11.5 Å². The number of halogens is 3. The van der Waals surface area contributed by atoms with E-state index in [0.29, 0.717) is 24.1 Å². The van der Waals surface area contributed by atoms with Crippen LogP contribution in [0.3, 0.4) is 0 Å². The summed E-state index contributed by atoms with van der Waals surface area (Å²) in [6.07, 6.45) is 0.968. The fourth-order valence-electron chi connectivity index (χ4n) is 3.55. The molecule has 0 aromatic heterocycles. The number of nitrogens with one attached hydrogen (secondary N) is 2. The monoisotopic (exact) mass is 546 g/mol. The van der Waals surface area contributed by atoms with E-state index in [-0.39, 0.29) is 24.0 Å². The second-order valence-electron chi connectivity index (χ2n) is 7.18. The van der Waals surface area contributed by atoms with E-state index in [1.807, 2.05) is 18.2 Å². The average Bonchev–Trinajstić information content (AvgIpc) is 3.24. The summed E-state index contributed by atoms with van der Waals surface area (Å²) in [4.78, 5) is 6.35. The lowest BCUT2D eigenvalue weighted by Crippen LogP contribution is -2.40. The SMILES string of the molecule is CN=C(NCc1ccc(OC)cc1OC)NCC1CCN(c2ccc(F)c(F)c2)C1.I. The zero-order valence-corrected chi connectivity index (χ0v) is 20.3. The van der Waals surface area contributed by atoms with E-state index in [0.717, 1.165) is 43.1 Å². The molecule has 6 nitrogen and oxygen atoms in total. The fourth-order valence-corrected chi connectivity index (χ4v) is 3.55. The molecule has 1 aliphatic rings. The largest absolute Gasteiger partial charge is 0.497 e. The molecule has 1 heterocycles. The Bertz CT molecular complexity index is 898. The summed E-state index contributed by atoms with van der Waals surface area (Å²) >= 11 is 0. The molecule has 31 heavy (non-hydrogen) atoms. The van der Waals surface area contributed by atoms with Gasteiger partial charge in [-0.25, -0.2) is 8.78 Å². The first-order valence-corrected chi connectivity index (χ1v) is 9.89. The highest BCUT2D eigenvalue weighted by Crippen LogP contribution is 2.26. The first-order chi connectivity index (χ1) is 14.5. The summed E-state index contributed by atoms with van der Waals surface area (Å²) in [5.74, 6) is 0.929. The lowest BCUT2D eigenvalue weighted by molar-refractivity contribution is 0.390. The van der Waals surface area contributed by atoms with Crippen molar-refractivity contribution in [3.63, 3.8) is 0 Å². The van der Waals surface area contributed by atoms with Gasteiger partial charge in [0.1, 0.15) is 11.5 Å². The second kappa shape index (κ2) is 11.9. The predicted octanol–water partition coefficient (Wildman–Crippen LogP) is 3.79. The highest BCUT2D eigenvalue weighted by Gasteiger charge is 2.23. The van der Waals surface area contributed by atoms with E-state index in [4.69, 9.17) is 9.47 Å². The standard InChI is InChI=1S/C22H28F2N4O2.HI/c1-25-22(27-13-16-4-6-18(29-2)11-21(16)30-3)26-12-15-8-9-28(14-15)17-5-7-19(23)20(24)10-17;/h4-7,10-11,15H,8-9,12-14H2,1-3H3,(H2,25,26,27);1H. The van der Waals surface area contributed by atoms with Crippen LogP contribution in [0, 0.1) is 17.6 Å². The highest BCUT2D eigenvalue weighted by atomic mass is 127. The number of hydrogen-bond donors (Lipinski definition) is 2. The Balaban J connectivity index is 0.00000341. The number of ether oxygens (including phenoxy) is 2. The van der Waals surface area contributed by atoms with Crippen molar-refractivity contribution in [3.05, 3.63) is 53.6 Å². The first kappa shape index (κ1) is 25.0. The number of rotatable bonds is 7. The molecule has 0 bridgehead atoms. The molecule has 170 valence electrons. The van der Waals surface area contributed by atoms with Crippen LogP contribution in [-0.2, 0) is 6.54 Å². The number of hydrogen-bond acceptors (Lipinski definition) is 4. The first-order valence-electron chi connectivity index (χ1n) is 9.89. The number of guanidine groups is 1. The minimum Gasteiger partial charge on any atom is -0.497 e. The molecular weight excluding hydrogens is 517 g/mol. The van der Waals surface area contributed by atoms with Crippen LogP contribution in [0.15, 0.2) is 41.4 Å². The summed E-state index contributed by atoms with van der Waals surface area (Å²) in [6.45, 7) is 2.88. The Morgan fingerprint density at radius 1 is 1.10 bits per heavy atom. The van der Waals surface area contributed by atoms with Crippen molar-refractivity contribution in [2.45, 2.75) is 13.0 Å². The molecule has 2 aromatic carbocycles. The third kappa shape index (κ3) is 6.59. The number of methoxy groups -OCH3 is 2. The van der Waals surface area contributed by atoms with Gasteiger partial charge in [-0.3, -0.25) is 4.99 Å². The molecule has 1 atom stereocenters. The van der Waals surface area contributed by atoms with Gasteiger partial charge < -0.3 is 25.0 Å². The smallest absolute Gasteiger partial charge is 0.191 e. The topological polar surface area (TPSA) is 58.1 Å². The Morgan fingerprint density at radius 2 is 1.90 bits per heavy atom. The van der Waals surface area contributed by atoms with Crippen molar-refractivity contribution in [1.29, 1.82) is 0 Å². The van der Waals surface area contributed by atoms with Gasteiger partial charge in [-0.2, -0.15) is 0 Å². The van der Waals surface area contributed by atoms with Crippen molar-refractivity contribution in [3.8, 4) is 11.5 Å². The van der Waals surface area contributed by atoms with Crippen LogP contribution in [0.2, 0.25) is 0 Å². The zero-order valence-electron chi connectivity index (χ0n) is 18.0. The Kier molecular flexibility index (Phi) is 9.60. The normalized spacial score (nSPS) is 16.0. The molecule has 0 amide bonds. The Labute approximate surface area is 199 Å². The van der Waals surface area contributed by atoms with E-state index in [9.17, 15) is 8.78 Å². The maximum atomic E-state index is 13.5. The molecule has 1 saturated heterocycles. The van der Waals surface area contributed by atoms with Gasteiger partial charge in [0.15, 0.2) is 17.6 Å². The Hall–Kier alpha value is -2.30. The Morgan fingerprint density at radius 3 is 2.58 bits per heavy atom. The molecule has 0 radical (unpaired) electrons. The van der Waals surface area contributed by atoms with Gasteiger partial charge in [-0.15, -0.1) is 24.0 Å². The number of anilines is 1. The number of nitrogens with zero attached hydrogens (tertiary/aromatic N) is 2. The maximum Gasteiger partial charge on any atom is 0.191 e. The molecule has 0 spiro atoms. The molecule has 1 aliphatic heterocycles. The van der Waals surface area contributed by atoms with E-state index >= 15 is 0 Å². The number of benzene rings is 2. The van der Waals surface area contributed by atoms with E-state index in [2.05, 4.69) is 20.5 Å². The van der Waals surface area contributed by atoms with Crippen molar-refractivity contribution in [1.82, 2.24) is 10.6 Å². The lowest BCUT2D eigenvalue weighted by atomic mass is 10.1. The molecule has 9 heteroatoms. The molecule has 1 unspecified atom stereocenters. The van der Waals surface area contributed by atoms with Gasteiger partial charge >= 0.3 is 0 Å². The van der Waals surface area contributed by atoms with Gasteiger partial charge in [0, 0.05) is 56.6 Å². The van der Waals surface area contributed by atoms with Gasteiger partial charge in [-0.1, -0.05) is 0 Å². The van der Waals surface area contributed by atoms with Crippen molar-refractivity contribution in [2.75, 3.05) is 45.8 Å². The maximum absolute atomic E-state index is 13.5. The van der Waals surface area contributed by atoms with E-state index < -0.39 is 11.6 Å². The predicted molar refractivity (Wildman–Crippen MR) is 130 cm³/mol. The quantitative estimate of drug-likeness (QED) is 0.315. The minimum atomic E-state index is -0.820. The van der Waals surface area contributed by atoms with Crippen LogP contribution >= 0.6 is 24.0 Å². The van der Waals surface area contributed by atoms with Gasteiger partial charge in [-0.05, 0) is 36.6 Å². The fraction of sp³-hybridized carbons (Fsp3) is 0.409. The van der Waals surface area contributed by atoms with Crippen molar-refractivity contribution < 1.29 is 18.3 Å². The van der Waals surface area contributed by atoms with E-state index in [1.54, 1.807) is 27.3 Å². The highest BCUT2D eigenvalue weighted by molar-refractivity contribution is 14.0. The number of aliphatic imine (C=N–C) groups is 1. The van der Waals surface area contributed by atoms with Gasteiger partial charge in [0.25, 0.3) is 0 Å². The van der Waals surface area contributed by atoms with Gasteiger partial charge in [0.2, 0.25) is 0 Å². The average molecular weight is 546 g/mol. The third-order valence-corrected chi connectivity index (χ3v) is 5.28. The molecule has 2 aromatic rings. The summed E-state index contributed by atoms with van der Waals surface area (Å²) in [5, 5.41) is 6.64. The van der Waals surface area contributed by atoms with Crippen LogP contribution < -0.4 is 25.0 Å². The summed E-state index contributed by atoms with van der Waals surface area (Å²) < 4.78 is 37.3. The van der Waals surface area contributed by atoms with Crippen molar-refractivity contribution >= 4 is 35.6 Å². The lowest BCUT2D eigenvalue weighted by Gasteiger charge is -2.20. The van der Waals surface area contributed by atoms with Crippen LogP contribution in [0.4, 0.5) is 14.5 Å². The summed E-state index contributed by atoms with van der Waals surface area (Å²) in [7, 11) is 4.97. The summed E-state index contributed by atoms with van der Waals surface area (Å²) in [6, 6.07) is 9.74. The molecule has 3 rings (SSSR count). The molecule has 1 fully saturated rings. The molecule has 0 saturated carbocycles. The second-order valence-corrected chi connectivity index (χ2v) is 7.18.